The molecule has 5 aromatic rings. The Kier molecular flexibility index (Phi) is 3.71. The molecule has 0 saturated heterocycles. The summed E-state index contributed by atoms with van der Waals surface area (Å²) in [4.78, 5) is 13.2. The number of fused-ring (bicyclic) bond motifs is 1. The van der Waals surface area contributed by atoms with E-state index < -0.39 is 0 Å². The van der Waals surface area contributed by atoms with Gasteiger partial charge in [-0.1, -0.05) is 28.5 Å². The van der Waals surface area contributed by atoms with E-state index in [1.807, 2.05) is 30.3 Å². The molecule has 5 rings (SSSR count). The van der Waals surface area contributed by atoms with Gasteiger partial charge in [0.25, 0.3) is 0 Å². The van der Waals surface area contributed by atoms with E-state index in [9.17, 15) is 0 Å². The maximum absolute atomic E-state index is 5.38. The SMILES string of the molecule is c1cc(-c2noc(CCc3nc(-c4ccoc4)no3)n2)c2cccnc2c1. The maximum atomic E-state index is 5.38. The van der Waals surface area contributed by atoms with Gasteiger partial charge in [0.15, 0.2) is 0 Å². The Hall–Kier alpha value is -3.81. The van der Waals surface area contributed by atoms with Crippen LogP contribution in [0.2, 0.25) is 0 Å². The van der Waals surface area contributed by atoms with Crippen molar-refractivity contribution in [3.8, 4) is 22.8 Å². The molecule has 0 spiro atoms. The number of nitrogens with zero attached hydrogens (tertiary/aromatic N) is 5. The highest BCUT2D eigenvalue weighted by atomic mass is 16.5. The van der Waals surface area contributed by atoms with Gasteiger partial charge in [-0.2, -0.15) is 9.97 Å². The average Bonchev–Trinajstić information content (AvgIpc) is 3.47. The fraction of sp³-hybridized carbons (Fsp3) is 0.105. The molecule has 0 amide bonds. The zero-order valence-electron chi connectivity index (χ0n) is 14.1. The second-order valence-corrected chi connectivity index (χ2v) is 5.91. The van der Waals surface area contributed by atoms with E-state index in [-0.39, 0.29) is 0 Å². The van der Waals surface area contributed by atoms with Crippen LogP contribution in [-0.2, 0) is 12.8 Å². The van der Waals surface area contributed by atoms with Gasteiger partial charge in [0.2, 0.25) is 23.4 Å². The Bertz CT molecular complexity index is 1190. The minimum Gasteiger partial charge on any atom is -0.472 e. The van der Waals surface area contributed by atoms with Gasteiger partial charge in [-0.15, -0.1) is 0 Å². The second kappa shape index (κ2) is 6.49. The van der Waals surface area contributed by atoms with Crippen molar-refractivity contribution in [2.24, 2.45) is 0 Å². The van der Waals surface area contributed by atoms with Crippen LogP contribution in [-0.4, -0.2) is 25.3 Å². The molecule has 27 heavy (non-hydrogen) atoms. The summed E-state index contributed by atoms with van der Waals surface area (Å²) in [7, 11) is 0. The molecule has 0 aliphatic rings. The second-order valence-electron chi connectivity index (χ2n) is 5.91. The third-order valence-corrected chi connectivity index (χ3v) is 4.15. The summed E-state index contributed by atoms with van der Waals surface area (Å²) in [5, 5.41) is 9.02. The van der Waals surface area contributed by atoms with Crippen LogP contribution in [0.25, 0.3) is 33.7 Å². The number of aryl methyl sites for hydroxylation is 2. The van der Waals surface area contributed by atoms with Crippen molar-refractivity contribution in [1.82, 2.24) is 25.3 Å². The zero-order chi connectivity index (χ0) is 18.1. The Morgan fingerprint density at radius 1 is 0.815 bits per heavy atom. The molecular formula is C19H13N5O3. The number of hydrogen-bond acceptors (Lipinski definition) is 8. The number of furan rings is 1. The van der Waals surface area contributed by atoms with E-state index in [0.717, 1.165) is 22.0 Å². The maximum Gasteiger partial charge on any atom is 0.227 e. The first kappa shape index (κ1) is 15.4. The predicted molar refractivity (Wildman–Crippen MR) is 94.4 cm³/mol. The summed E-state index contributed by atoms with van der Waals surface area (Å²) >= 11 is 0. The molecule has 132 valence electrons. The normalized spacial score (nSPS) is 11.3. The molecule has 0 atom stereocenters. The Morgan fingerprint density at radius 3 is 2.44 bits per heavy atom. The lowest BCUT2D eigenvalue weighted by atomic mass is 10.1. The Morgan fingerprint density at radius 2 is 1.63 bits per heavy atom. The first-order valence-corrected chi connectivity index (χ1v) is 8.39. The van der Waals surface area contributed by atoms with Crippen LogP contribution in [0.4, 0.5) is 0 Å². The highest BCUT2D eigenvalue weighted by Crippen LogP contribution is 2.25. The third-order valence-electron chi connectivity index (χ3n) is 4.15. The Balaban J connectivity index is 1.34. The molecule has 0 saturated carbocycles. The molecule has 0 aliphatic carbocycles. The number of pyridine rings is 1. The van der Waals surface area contributed by atoms with Crippen LogP contribution >= 0.6 is 0 Å². The van der Waals surface area contributed by atoms with E-state index in [1.54, 1.807) is 24.8 Å². The van der Waals surface area contributed by atoms with Crippen LogP contribution in [0.15, 0.2) is 68.6 Å². The van der Waals surface area contributed by atoms with Crippen LogP contribution in [0.3, 0.4) is 0 Å². The standard InChI is InChI=1S/C19H13N5O3/c1-3-14(13-4-2-9-20-15(13)5-1)19-22-17(27-24-19)7-6-16-21-18(23-26-16)12-8-10-25-11-12/h1-5,8-11H,6-7H2. The van der Waals surface area contributed by atoms with Crippen molar-refractivity contribution >= 4 is 10.9 Å². The molecule has 0 radical (unpaired) electrons. The van der Waals surface area contributed by atoms with E-state index >= 15 is 0 Å². The minimum absolute atomic E-state index is 0.494. The quantitative estimate of drug-likeness (QED) is 0.468. The summed E-state index contributed by atoms with van der Waals surface area (Å²) in [5.41, 5.74) is 2.55. The van der Waals surface area contributed by atoms with Crippen LogP contribution < -0.4 is 0 Å². The first-order chi connectivity index (χ1) is 13.4. The summed E-state index contributed by atoms with van der Waals surface area (Å²) < 4.78 is 15.7. The van der Waals surface area contributed by atoms with E-state index in [4.69, 9.17) is 13.5 Å². The number of hydrogen-bond donors (Lipinski definition) is 0. The van der Waals surface area contributed by atoms with Gasteiger partial charge in [-0.3, -0.25) is 4.98 Å². The van der Waals surface area contributed by atoms with Crippen LogP contribution in [0, 0.1) is 0 Å². The van der Waals surface area contributed by atoms with Crippen molar-refractivity contribution in [2.75, 3.05) is 0 Å². The van der Waals surface area contributed by atoms with Gasteiger partial charge < -0.3 is 13.5 Å². The summed E-state index contributed by atoms with van der Waals surface area (Å²) in [6, 6.07) is 11.5. The fourth-order valence-electron chi connectivity index (χ4n) is 2.84. The molecule has 0 bridgehead atoms. The molecule has 0 N–H and O–H groups in total. The molecule has 4 heterocycles. The predicted octanol–water partition coefficient (Wildman–Crippen LogP) is 3.71. The number of aromatic nitrogens is 5. The molecule has 0 fully saturated rings. The molecule has 4 aromatic heterocycles. The van der Waals surface area contributed by atoms with Gasteiger partial charge in [0, 0.05) is 30.0 Å². The third kappa shape index (κ3) is 2.97. The topological polar surface area (TPSA) is 104 Å². The van der Waals surface area contributed by atoms with Crippen molar-refractivity contribution < 1.29 is 13.5 Å². The summed E-state index contributed by atoms with van der Waals surface area (Å²) in [5.74, 6) is 2.04. The van der Waals surface area contributed by atoms with Crippen molar-refractivity contribution in [2.45, 2.75) is 12.8 Å². The van der Waals surface area contributed by atoms with Crippen molar-refractivity contribution in [1.29, 1.82) is 0 Å². The molecule has 0 unspecified atom stereocenters. The molecular weight excluding hydrogens is 346 g/mol. The number of benzene rings is 1. The summed E-state index contributed by atoms with van der Waals surface area (Å²) in [6.45, 7) is 0. The van der Waals surface area contributed by atoms with Crippen molar-refractivity contribution in [3.05, 3.63) is 66.9 Å². The monoisotopic (exact) mass is 359 g/mol. The van der Waals surface area contributed by atoms with E-state index in [2.05, 4.69) is 25.3 Å². The summed E-state index contributed by atoms with van der Waals surface area (Å²) in [6.07, 6.45) is 5.90. The lowest BCUT2D eigenvalue weighted by Gasteiger charge is -2.00. The molecule has 8 nitrogen and oxygen atoms in total. The van der Waals surface area contributed by atoms with Gasteiger partial charge in [0.05, 0.1) is 17.3 Å². The van der Waals surface area contributed by atoms with Gasteiger partial charge >= 0.3 is 0 Å². The average molecular weight is 359 g/mol. The zero-order valence-corrected chi connectivity index (χ0v) is 14.1. The molecule has 1 aromatic carbocycles. The van der Waals surface area contributed by atoms with Crippen LogP contribution in [0.1, 0.15) is 11.8 Å². The fourth-order valence-corrected chi connectivity index (χ4v) is 2.84. The lowest BCUT2D eigenvalue weighted by molar-refractivity contribution is 0.354. The minimum atomic E-state index is 0.494. The van der Waals surface area contributed by atoms with Gasteiger partial charge in [-0.05, 0) is 18.2 Å². The van der Waals surface area contributed by atoms with Gasteiger partial charge in [-0.25, -0.2) is 0 Å². The van der Waals surface area contributed by atoms with E-state index in [1.165, 1.54) is 0 Å². The first-order valence-electron chi connectivity index (χ1n) is 8.39. The largest absolute Gasteiger partial charge is 0.472 e. The van der Waals surface area contributed by atoms with E-state index in [0.29, 0.717) is 36.3 Å². The highest BCUT2D eigenvalue weighted by molar-refractivity contribution is 5.92. The highest BCUT2D eigenvalue weighted by Gasteiger charge is 2.14. The molecule has 0 aliphatic heterocycles. The van der Waals surface area contributed by atoms with Crippen LogP contribution in [0.5, 0.6) is 0 Å². The van der Waals surface area contributed by atoms with Crippen molar-refractivity contribution in [3.63, 3.8) is 0 Å². The lowest BCUT2D eigenvalue weighted by Crippen LogP contribution is -1.92. The number of rotatable bonds is 5. The Labute approximate surface area is 152 Å². The van der Waals surface area contributed by atoms with Gasteiger partial charge in [0.1, 0.15) is 6.26 Å². The molecule has 8 heteroatoms. The smallest absolute Gasteiger partial charge is 0.227 e.